The molecule has 2 aromatic rings. The molecule has 0 saturated heterocycles. The molecule has 0 radical (unpaired) electrons. The Bertz CT molecular complexity index is 1130. The smallest absolute Gasteiger partial charge is 0.410 e. The van der Waals surface area contributed by atoms with Crippen molar-refractivity contribution >= 4 is 17.9 Å². The normalized spacial score (nSPS) is 15.9. The average molecular weight is 460 g/mol. The van der Waals surface area contributed by atoms with Crippen LogP contribution >= 0.6 is 0 Å². The summed E-state index contributed by atoms with van der Waals surface area (Å²) < 4.78 is 8.35. The highest BCUT2D eigenvalue weighted by Crippen LogP contribution is 2.25. The van der Waals surface area contributed by atoms with Crippen molar-refractivity contribution in [3.63, 3.8) is 0 Å². The summed E-state index contributed by atoms with van der Waals surface area (Å²) in [5, 5.41) is 10.1. The summed E-state index contributed by atoms with van der Waals surface area (Å²) in [6.07, 6.45) is -0.109. The largest absolute Gasteiger partial charge is 0.444 e. The highest BCUT2D eigenvalue weighted by atomic mass is 16.6. The fourth-order valence-electron chi connectivity index (χ4n) is 3.69. The molecule has 11 heteroatoms. The van der Waals surface area contributed by atoms with Crippen LogP contribution in [0.3, 0.4) is 0 Å². The molecular formula is C22H33N7O4. The van der Waals surface area contributed by atoms with E-state index >= 15 is 0 Å². The van der Waals surface area contributed by atoms with Crippen LogP contribution in [0.25, 0.3) is 5.82 Å². The first-order chi connectivity index (χ1) is 15.3. The second kappa shape index (κ2) is 8.87. The minimum Gasteiger partial charge on any atom is -0.444 e. The molecule has 0 saturated carbocycles. The van der Waals surface area contributed by atoms with Crippen molar-refractivity contribution in [3.05, 3.63) is 33.4 Å². The topological polar surface area (TPSA) is 123 Å². The van der Waals surface area contributed by atoms with Gasteiger partial charge >= 0.3 is 6.09 Å². The first-order valence-corrected chi connectivity index (χ1v) is 11.0. The summed E-state index contributed by atoms with van der Waals surface area (Å²) in [6.45, 7) is 11.3. The van der Waals surface area contributed by atoms with Gasteiger partial charge in [-0.3, -0.25) is 19.2 Å². The lowest BCUT2D eigenvalue weighted by Gasteiger charge is -2.35. The number of aromatic nitrogens is 4. The maximum absolute atomic E-state index is 13.6. The van der Waals surface area contributed by atoms with E-state index in [1.165, 1.54) is 16.3 Å². The van der Waals surface area contributed by atoms with E-state index in [-0.39, 0.29) is 30.1 Å². The quantitative estimate of drug-likeness (QED) is 0.715. The van der Waals surface area contributed by atoms with Gasteiger partial charge in [0.15, 0.2) is 5.82 Å². The van der Waals surface area contributed by atoms with Crippen LogP contribution < -0.4 is 16.2 Å². The Hall–Kier alpha value is -3.37. The lowest BCUT2D eigenvalue weighted by atomic mass is 10.00. The van der Waals surface area contributed by atoms with Gasteiger partial charge in [-0.1, -0.05) is 0 Å². The maximum Gasteiger partial charge on any atom is 0.410 e. The van der Waals surface area contributed by atoms with E-state index in [0.717, 1.165) is 0 Å². The van der Waals surface area contributed by atoms with Crippen LogP contribution in [-0.4, -0.2) is 61.0 Å². The van der Waals surface area contributed by atoms with Gasteiger partial charge in [0, 0.05) is 44.2 Å². The zero-order chi connectivity index (χ0) is 24.7. The van der Waals surface area contributed by atoms with E-state index in [1.807, 2.05) is 41.5 Å². The minimum atomic E-state index is -0.625. The van der Waals surface area contributed by atoms with E-state index in [4.69, 9.17) is 9.72 Å². The molecule has 33 heavy (non-hydrogen) atoms. The number of carbonyl (C=O) groups excluding carboxylic acids is 2. The van der Waals surface area contributed by atoms with Gasteiger partial charge in [0.05, 0.1) is 12.2 Å². The Balaban J connectivity index is 2.10. The Kier molecular flexibility index (Phi) is 6.53. The number of ether oxygens (including phenoxy) is 1. The van der Waals surface area contributed by atoms with Crippen LogP contribution in [0.5, 0.6) is 0 Å². The van der Waals surface area contributed by atoms with E-state index in [9.17, 15) is 14.4 Å². The predicted molar refractivity (Wildman–Crippen MR) is 124 cm³/mol. The van der Waals surface area contributed by atoms with Gasteiger partial charge < -0.3 is 15.4 Å². The van der Waals surface area contributed by atoms with Crippen molar-refractivity contribution in [2.45, 2.75) is 72.2 Å². The molecular weight excluding hydrogens is 426 g/mol. The third kappa shape index (κ3) is 5.01. The highest BCUT2D eigenvalue weighted by molar-refractivity contribution is 5.92. The number of fused-ring (bicyclic) bond motifs is 1. The third-order valence-corrected chi connectivity index (χ3v) is 5.22. The van der Waals surface area contributed by atoms with Gasteiger partial charge in [-0.25, -0.2) is 14.3 Å². The van der Waals surface area contributed by atoms with E-state index in [0.29, 0.717) is 35.1 Å². The zero-order valence-corrected chi connectivity index (χ0v) is 20.5. The van der Waals surface area contributed by atoms with Crippen molar-refractivity contribution < 1.29 is 14.3 Å². The van der Waals surface area contributed by atoms with Gasteiger partial charge in [0.25, 0.3) is 11.5 Å². The van der Waals surface area contributed by atoms with Crippen LogP contribution in [-0.2, 0) is 24.8 Å². The number of nitrogens with one attached hydrogen (secondary N) is 2. The summed E-state index contributed by atoms with van der Waals surface area (Å²) in [5.41, 5.74) is 0.451. The summed E-state index contributed by atoms with van der Waals surface area (Å²) in [5.74, 6) is 0.283. The first-order valence-electron chi connectivity index (χ1n) is 11.0. The number of hydrogen-bond donors (Lipinski definition) is 2. The first kappa shape index (κ1) is 24.3. The molecule has 2 N–H and O–H groups in total. The Labute approximate surface area is 193 Å². The van der Waals surface area contributed by atoms with Crippen LogP contribution in [0.1, 0.15) is 63.3 Å². The molecule has 0 fully saturated rings. The molecule has 11 nitrogen and oxygen atoms in total. The molecule has 0 aromatic carbocycles. The average Bonchev–Trinajstić information content (AvgIpc) is 3.07. The minimum absolute atomic E-state index is 0.0206. The fourth-order valence-corrected chi connectivity index (χ4v) is 3.69. The number of anilines is 1. The van der Waals surface area contributed by atoms with Gasteiger partial charge in [-0.2, -0.15) is 5.10 Å². The van der Waals surface area contributed by atoms with E-state index in [2.05, 4.69) is 15.7 Å². The summed E-state index contributed by atoms with van der Waals surface area (Å²) in [6, 6.07) is 1.29. The van der Waals surface area contributed by atoms with Crippen molar-refractivity contribution in [2.75, 3.05) is 12.4 Å². The van der Waals surface area contributed by atoms with E-state index in [1.54, 1.807) is 18.0 Å². The molecule has 0 spiro atoms. The molecule has 1 atom stereocenters. The van der Waals surface area contributed by atoms with Crippen molar-refractivity contribution in [1.29, 1.82) is 0 Å². The van der Waals surface area contributed by atoms with Gasteiger partial charge in [-0.15, -0.1) is 0 Å². The number of amides is 2. The van der Waals surface area contributed by atoms with Crippen LogP contribution in [0.2, 0.25) is 0 Å². The van der Waals surface area contributed by atoms with Crippen LogP contribution in [0.4, 0.5) is 10.7 Å². The molecule has 2 amide bonds. The molecule has 1 aliphatic rings. The highest BCUT2D eigenvalue weighted by Gasteiger charge is 2.34. The Morgan fingerprint density at radius 3 is 2.52 bits per heavy atom. The lowest BCUT2D eigenvalue weighted by molar-refractivity contribution is 0.0133. The number of aryl methyl sites for hydroxylation is 1. The van der Waals surface area contributed by atoms with E-state index < -0.39 is 11.7 Å². The predicted octanol–water partition coefficient (Wildman–Crippen LogP) is 1.83. The fraction of sp³-hybridized carbons (Fsp3) is 0.591. The molecule has 0 unspecified atom stereocenters. The SMILES string of the molecule is CNC(=O)c1cc(-n2c(NC(C)C)nc3c(c2=O)C[C@@H](C)N(C(=O)OC(C)(C)C)C3)nn1C. The standard InChI is InChI=1S/C22H33N7O4/c1-12(2)24-20-25-15-11-28(21(32)33-22(4,5)6)13(3)9-14(15)19(31)29(20)17-10-16(18(30)23-7)27(8)26-17/h10,12-13H,9,11H2,1-8H3,(H,23,30)(H,24,25)/t13-/m1/s1. The van der Waals surface area contributed by atoms with Crippen molar-refractivity contribution in [2.24, 2.45) is 7.05 Å². The van der Waals surface area contributed by atoms with Gasteiger partial charge in [-0.05, 0) is 41.5 Å². The molecule has 3 rings (SSSR count). The second-order valence-electron chi connectivity index (χ2n) is 9.55. The maximum atomic E-state index is 13.6. The summed E-state index contributed by atoms with van der Waals surface area (Å²) in [4.78, 5) is 44.8. The molecule has 180 valence electrons. The third-order valence-electron chi connectivity index (χ3n) is 5.22. The molecule has 0 bridgehead atoms. The Morgan fingerprint density at radius 2 is 1.94 bits per heavy atom. The molecule has 1 aliphatic heterocycles. The summed E-state index contributed by atoms with van der Waals surface area (Å²) >= 11 is 0. The molecule has 3 heterocycles. The number of nitrogens with zero attached hydrogens (tertiary/aromatic N) is 5. The van der Waals surface area contributed by atoms with Crippen molar-refractivity contribution in [1.82, 2.24) is 29.5 Å². The summed E-state index contributed by atoms with van der Waals surface area (Å²) in [7, 11) is 3.17. The van der Waals surface area contributed by atoms with Gasteiger partial charge in [0.1, 0.15) is 11.3 Å². The van der Waals surface area contributed by atoms with Crippen LogP contribution in [0.15, 0.2) is 10.9 Å². The molecule has 0 aliphatic carbocycles. The number of hydrogen-bond acceptors (Lipinski definition) is 7. The zero-order valence-electron chi connectivity index (χ0n) is 20.5. The van der Waals surface area contributed by atoms with Crippen LogP contribution in [0, 0.1) is 0 Å². The lowest BCUT2D eigenvalue weighted by Crippen LogP contribution is -2.47. The van der Waals surface area contributed by atoms with Crippen molar-refractivity contribution in [3.8, 4) is 5.82 Å². The second-order valence-corrected chi connectivity index (χ2v) is 9.55. The molecule has 2 aromatic heterocycles. The monoisotopic (exact) mass is 459 g/mol. The number of rotatable bonds is 4. The Morgan fingerprint density at radius 1 is 1.27 bits per heavy atom. The van der Waals surface area contributed by atoms with Gasteiger partial charge in [0.2, 0.25) is 5.95 Å². The number of carbonyl (C=O) groups is 2.